The van der Waals surface area contributed by atoms with Crippen molar-refractivity contribution in [1.29, 1.82) is 0 Å². The van der Waals surface area contributed by atoms with Gasteiger partial charge in [-0.1, -0.05) is 50.5 Å². The average Bonchev–Trinajstić information content (AvgIpc) is 2.64. The van der Waals surface area contributed by atoms with E-state index in [4.69, 9.17) is 0 Å². The molecule has 1 aromatic heterocycles. The van der Waals surface area contributed by atoms with Crippen LogP contribution in [0, 0.1) is 17.3 Å². The summed E-state index contributed by atoms with van der Waals surface area (Å²) in [4.78, 5) is 4.42. The third-order valence-electron chi connectivity index (χ3n) is 3.49. The molecule has 1 heterocycles. The predicted octanol–water partition coefficient (Wildman–Crippen LogP) is 3.53. The Morgan fingerprint density at radius 3 is 2.47 bits per heavy atom. The van der Waals surface area contributed by atoms with E-state index in [-0.39, 0.29) is 5.41 Å². The first-order valence-corrected chi connectivity index (χ1v) is 7.44. The maximum Gasteiger partial charge on any atom is 0.138 e. The van der Waals surface area contributed by atoms with E-state index in [2.05, 4.69) is 60.6 Å². The van der Waals surface area contributed by atoms with Gasteiger partial charge in [0.15, 0.2) is 0 Å². The van der Waals surface area contributed by atoms with E-state index in [0.29, 0.717) is 11.8 Å². The minimum atomic E-state index is 0.238. The summed E-state index contributed by atoms with van der Waals surface area (Å²) < 4.78 is 2.05. The molecule has 0 N–H and O–H groups in total. The first kappa shape index (κ1) is 14.7. The molecular formula is C13H24BrN3. The Morgan fingerprint density at radius 1 is 1.35 bits per heavy atom. The van der Waals surface area contributed by atoms with Gasteiger partial charge < -0.3 is 0 Å². The van der Waals surface area contributed by atoms with Gasteiger partial charge in [-0.25, -0.2) is 9.67 Å². The van der Waals surface area contributed by atoms with Gasteiger partial charge >= 0.3 is 0 Å². The molecule has 3 nitrogen and oxygen atoms in total. The number of rotatable bonds is 6. The van der Waals surface area contributed by atoms with Crippen molar-refractivity contribution in [3.05, 3.63) is 12.2 Å². The summed E-state index contributed by atoms with van der Waals surface area (Å²) in [5, 5.41) is 5.32. The Labute approximate surface area is 113 Å². The summed E-state index contributed by atoms with van der Waals surface area (Å²) in [5.74, 6) is 2.32. The van der Waals surface area contributed by atoms with Gasteiger partial charge in [-0.05, 0) is 17.3 Å². The van der Waals surface area contributed by atoms with Crippen LogP contribution in [-0.2, 0) is 13.0 Å². The minimum Gasteiger partial charge on any atom is -0.250 e. The van der Waals surface area contributed by atoms with Crippen LogP contribution in [0.5, 0.6) is 0 Å². The van der Waals surface area contributed by atoms with E-state index in [1.165, 1.54) is 0 Å². The second kappa shape index (κ2) is 5.98. The van der Waals surface area contributed by atoms with Crippen molar-refractivity contribution < 1.29 is 0 Å². The number of hydrogen-bond donors (Lipinski definition) is 0. The third-order valence-corrected chi connectivity index (χ3v) is 4.78. The highest BCUT2D eigenvalue weighted by Gasteiger charge is 2.29. The van der Waals surface area contributed by atoms with Crippen LogP contribution in [0.3, 0.4) is 0 Å². The van der Waals surface area contributed by atoms with E-state index in [0.717, 1.165) is 24.1 Å². The highest BCUT2D eigenvalue weighted by molar-refractivity contribution is 9.09. The molecule has 0 saturated carbocycles. The van der Waals surface area contributed by atoms with Crippen LogP contribution in [0.15, 0.2) is 6.33 Å². The largest absolute Gasteiger partial charge is 0.250 e. The standard InChI is InChI=1S/C13H24BrN3/c1-10(2)7-17-12(15-9-16-17)6-13(5,8-14)11(3)4/h9-11H,6-8H2,1-5H3. The molecule has 0 fully saturated rings. The lowest BCUT2D eigenvalue weighted by Gasteiger charge is -2.31. The summed E-state index contributed by atoms with van der Waals surface area (Å²) in [6.07, 6.45) is 2.65. The normalized spacial score (nSPS) is 15.5. The SMILES string of the molecule is CC(C)Cn1ncnc1CC(C)(CBr)C(C)C. The summed E-state index contributed by atoms with van der Waals surface area (Å²) in [7, 11) is 0. The zero-order chi connectivity index (χ0) is 13.1. The van der Waals surface area contributed by atoms with Crippen LogP contribution in [-0.4, -0.2) is 20.1 Å². The smallest absolute Gasteiger partial charge is 0.138 e. The molecule has 1 rings (SSSR count). The maximum absolute atomic E-state index is 4.42. The van der Waals surface area contributed by atoms with E-state index >= 15 is 0 Å². The molecule has 0 amide bonds. The molecule has 0 saturated heterocycles. The van der Waals surface area contributed by atoms with Crippen molar-refractivity contribution in [3.63, 3.8) is 0 Å². The van der Waals surface area contributed by atoms with E-state index in [1.54, 1.807) is 6.33 Å². The van der Waals surface area contributed by atoms with Crippen molar-refractivity contribution in [2.45, 2.75) is 47.6 Å². The molecule has 0 aliphatic rings. The molecular weight excluding hydrogens is 278 g/mol. The summed E-state index contributed by atoms with van der Waals surface area (Å²) in [5.41, 5.74) is 0.238. The Balaban J connectivity index is 2.83. The van der Waals surface area contributed by atoms with Gasteiger partial charge in [0, 0.05) is 18.3 Å². The predicted molar refractivity (Wildman–Crippen MR) is 75.3 cm³/mol. The Kier molecular flexibility index (Phi) is 5.17. The van der Waals surface area contributed by atoms with Crippen LogP contribution >= 0.6 is 15.9 Å². The lowest BCUT2D eigenvalue weighted by atomic mass is 9.78. The molecule has 0 aromatic carbocycles. The highest BCUT2D eigenvalue weighted by atomic mass is 79.9. The Hall–Kier alpha value is -0.380. The first-order valence-electron chi connectivity index (χ1n) is 6.31. The lowest BCUT2D eigenvalue weighted by molar-refractivity contribution is 0.247. The summed E-state index contributed by atoms with van der Waals surface area (Å²) in [6, 6.07) is 0. The van der Waals surface area contributed by atoms with Crippen molar-refractivity contribution in [3.8, 4) is 0 Å². The van der Waals surface area contributed by atoms with Crippen molar-refractivity contribution >= 4 is 15.9 Å². The molecule has 0 spiro atoms. The zero-order valence-electron chi connectivity index (χ0n) is 11.6. The van der Waals surface area contributed by atoms with Gasteiger partial charge in [-0.15, -0.1) is 0 Å². The fourth-order valence-electron chi connectivity index (χ4n) is 1.69. The highest BCUT2D eigenvalue weighted by Crippen LogP contribution is 2.32. The summed E-state index contributed by atoms with van der Waals surface area (Å²) in [6.45, 7) is 12.2. The number of halogens is 1. The molecule has 0 aliphatic heterocycles. The second-order valence-corrected chi connectivity index (χ2v) is 6.43. The van der Waals surface area contributed by atoms with Crippen LogP contribution < -0.4 is 0 Å². The molecule has 17 heavy (non-hydrogen) atoms. The van der Waals surface area contributed by atoms with Gasteiger partial charge in [0.1, 0.15) is 12.2 Å². The fraction of sp³-hybridized carbons (Fsp3) is 0.846. The molecule has 0 radical (unpaired) electrons. The van der Waals surface area contributed by atoms with Crippen molar-refractivity contribution in [1.82, 2.24) is 14.8 Å². The van der Waals surface area contributed by atoms with Gasteiger partial charge in [0.05, 0.1) is 0 Å². The summed E-state index contributed by atoms with van der Waals surface area (Å²) >= 11 is 3.64. The van der Waals surface area contributed by atoms with Crippen molar-refractivity contribution in [2.75, 3.05) is 5.33 Å². The molecule has 0 bridgehead atoms. The Bertz CT molecular complexity index is 346. The van der Waals surface area contributed by atoms with Gasteiger partial charge in [-0.3, -0.25) is 0 Å². The van der Waals surface area contributed by atoms with E-state index in [9.17, 15) is 0 Å². The molecule has 1 atom stereocenters. The third kappa shape index (κ3) is 3.80. The maximum atomic E-state index is 4.42. The van der Waals surface area contributed by atoms with E-state index in [1.807, 2.05) is 4.68 Å². The monoisotopic (exact) mass is 301 g/mol. The molecule has 0 aliphatic carbocycles. The fourth-order valence-corrected chi connectivity index (χ4v) is 2.54. The molecule has 4 heteroatoms. The zero-order valence-corrected chi connectivity index (χ0v) is 13.2. The number of aromatic nitrogens is 3. The van der Waals surface area contributed by atoms with Gasteiger partial charge in [0.2, 0.25) is 0 Å². The first-order chi connectivity index (χ1) is 7.89. The average molecular weight is 302 g/mol. The molecule has 1 aromatic rings. The topological polar surface area (TPSA) is 30.7 Å². The second-order valence-electron chi connectivity index (χ2n) is 5.87. The van der Waals surface area contributed by atoms with Crippen LogP contribution in [0.1, 0.15) is 40.4 Å². The quantitative estimate of drug-likeness (QED) is 0.753. The number of nitrogens with zero attached hydrogens (tertiary/aromatic N) is 3. The van der Waals surface area contributed by atoms with Gasteiger partial charge in [-0.2, -0.15) is 5.10 Å². The van der Waals surface area contributed by atoms with Crippen molar-refractivity contribution in [2.24, 2.45) is 17.3 Å². The lowest BCUT2D eigenvalue weighted by Crippen LogP contribution is -2.30. The van der Waals surface area contributed by atoms with Crippen LogP contribution in [0.2, 0.25) is 0 Å². The van der Waals surface area contributed by atoms with Gasteiger partial charge in [0.25, 0.3) is 0 Å². The Morgan fingerprint density at radius 2 is 2.00 bits per heavy atom. The van der Waals surface area contributed by atoms with E-state index < -0.39 is 0 Å². The minimum absolute atomic E-state index is 0.238. The van der Waals surface area contributed by atoms with Crippen LogP contribution in [0.25, 0.3) is 0 Å². The molecule has 98 valence electrons. The van der Waals surface area contributed by atoms with Crippen LogP contribution in [0.4, 0.5) is 0 Å². The number of alkyl halides is 1. The molecule has 1 unspecified atom stereocenters. The number of hydrogen-bond acceptors (Lipinski definition) is 2.